The van der Waals surface area contributed by atoms with Gasteiger partial charge in [-0.05, 0) is 17.7 Å². The van der Waals surface area contributed by atoms with E-state index >= 15 is 0 Å². The number of alkyl halides is 3. The Bertz CT molecular complexity index is 537. The van der Waals surface area contributed by atoms with Gasteiger partial charge in [-0.2, -0.15) is 13.2 Å². The van der Waals surface area contributed by atoms with Gasteiger partial charge in [-0.15, -0.1) is 0 Å². The predicted octanol–water partition coefficient (Wildman–Crippen LogP) is 3.13. The van der Waals surface area contributed by atoms with E-state index in [-0.39, 0.29) is 25.0 Å². The van der Waals surface area contributed by atoms with E-state index in [1.165, 1.54) is 19.2 Å². The topological polar surface area (TPSA) is 47.9 Å². The first kappa shape index (κ1) is 15.3. The minimum atomic E-state index is -4.35. The number of carbonyl (C=O) groups is 1. The zero-order chi connectivity index (χ0) is 15.5. The molecule has 1 aliphatic heterocycles. The second-order valence-electron chi connectivity index (χ2n) is 4.55. The van der Waals surface area contributed by atoms with Crippen LogP contribution in [0.25, 0.3) is 0 Å². The van der Waals surface area contributed by atoms with E-state index in [2.05, 4.69) is 9.73 Å². The summed E-state index contributed by atoms with van der Waals surface area (Å²) in [5.41, 5.74) is -0.0453. The number of rotatable bonds is 4. The molecule has 0 bridgehead atoms. The van der Waals surface area contributed by atoms with Crippen LogP contribution in [0.5, 0.6) is 0 Å². The molecule has 21 heavy (non-hydrogen) atoms. The van der Waals surface area contributed by atoms with Crippen LogP contribution in [0.15, 0.2) is 29.3 Å². The third kappa shape index (κ3) is 3.96. The van der Waals surface area contributed by atoms with Crippen molar-refractivity contribution in [1.82, 2.24) is 0 Å². The summed E-state index contributed by atoms with van der Waals surface area (Å²) in [4.78, 5) is 15.3. The Balaban J connectivity index is 2.00. The van der Waals surface area contributed by atoms with Crippen molar-refractivity contribution in [1.29, 1.82) is 0 Å². The Hall–Kier alpha value is -2.05. The van der Waals surface area contributed by atoms with E-state index in [4.69, 9.17) is 4.74 Å². The average Bonchev–Trinajstić information content (AvgIpc) is 2.93. The van der Waals surface area contributed by atoms with Gasteiger partial charge in [0.15, 0.2) is 5.90 Å². The van der Waals surface area contributed by atoms with Gasteiger partial charge >= 0.3 is 12.1 Å². The SMILES string of the molecule is COC(=O)CCC1=NC(c2ccc(C(F)(F)F)cc2)CO1. The van der Waals surface area contributed by atoms with Crippen LogP contribution in [-0.2, 0) is 20.4 Å². The molecule has 1 unspecified atom stereocenters. The number of hydrogen-bond acceptors (Lipinski definition) is 4. The molecule has 0 aliphatic carbocycles. The van der Waals surface area contributed by atoms with Crippen molar-refractivity contribution < 1.29 is 27.4 Å². The molecule has 1 aliphatic rings. The van der Waals surface area contributed by atoms with Gasteiger partial charge in [0.25, 0.3) is 0 Å². The highest BCUT2D eigenvalue weighted by molar-refractivity contribution is 5.82. The molecule has 1 heterocycles. The Morgan fingerprint density at radius 3 is 2.62 bits per heavy atom. The minimum Gasteiger partial charge on any atom is -0.478 e. The summed E-state index contributed by atoms with van der Waals surface area (Å²) in [5.74, 6) is 0.0598. The molecule has 0 saturated carbocycles. The van der Waals surface area contributed by atoms with Crippen LogP contribution in [0.3, 0.4) is 0 Å². The van der Waals surface area contributed by atoms with Gasteiger partial charge in [0, 0.05) is 6.42 Å². The van der Waals surface area contributed by atoms with Gasteiger partial charge in [0.2, 0.25) is 0 Å². The normalized spacial score (nSPS) is 18.1. The molecule has 1 atom stereocenters. The smallest absolute Gasteiger partial charge is 0.416 e. The maximum atomic E-state index is 12.5. The van der Waals surface area contributed by atoms with Crippen LogP contribution >= 0.6 is 0 Å². The van der Waals surface area contributed by atoms with Gasteiger partial charge < -0.3 is 9.47 Å². The van der Waals surface area contributed by atoms with Crippen molar-refractivity contribution >= 4 is 11.9 Å². The van der Waals surface area contributed by atoms with Gasteiger partial charge in [-0.3, -0.25) is 4.79 Å². The van der Waals surface area contributed by atoms with Crippen molar-refractivity contribution in [2.24, 2.45) is 4.99 Å². The first-order chi connectivity index (χ1) is 9.90. The number of halogens is 3. The quantitative estimate of drug-likeness (QED) is 0.803. The van der Waals surface area contributed by atoms with E-state index in [1.54, 1.807) is 0 Å². The first-order valence-electron chi connectivity index (χ1n) is 6.33. The predicted molar refractivity (Wildman–Crippen MR) is 68.8 cm³/mol. The molecule has 0 spiro atoms. The second kappa shape index (κ2) is 6.15. The molecule has 2 rings (SSSR count). The summed E-state index contributed by atoms with van der Waals surface area (Å²) >= 11 is 0. The number of methoxy groups -OCH3 is 1. The van der Waals surface area contributed by atoms with E-state index in [0.717, 1.165) is 12.1 Å². The van der Waals surface area contributed by atoms with Crippen molar-refractivity contribution in [3.05, 3.63) is 35.4 Å². The summed E-state index contributed by atoms with van der Waals surface area (Å²) in [6, 6.07) is 4.50. The Kier molecular flexibility index (Phi) is 4.50. The highest BCUT2D eigenvalue weighted by atomic mass is 19.4. The summed E-state index contributed by atoms with van der Waals surface area (Å²) in [6.45, 7) is 0.266. The van der Waals surface area contributed by atoms with Crippen molar-refractivity contribution in [3.63, 3.8) is 0 Å². The van der Waals surface area contributed by atoms with Crippen LogP contribution in [-0.4, -0.2) is 25.6 Å². The van der Waals surface area contributed by atoms with Crippen molar-refractivity contribution in [2.45, 2.75) is 25.1 Å². The fourth-order valence-corrected chi connectivity index (χ4v) is 1.94. The highest BCUT2D eigenvalue weighted by Gasteiger charge is 2.30. The number of nitrogens with zero attached hydrogens (tertiary/aromatic N) is 1. The lowest BCUT2D eigenvalue weighted by atomic mass is 10.1. The minimum absolute atomic E-state index is 0.162. The third-order valence-electron chi connectivity index (χ3n) is 3.10. The van der Waals surface area contributed by atoms with Crippen molar-refractivity contribution in [2.75, 3.05) is 13.7 Å². The fraction of sp³-hybridized carbons (Fsp3) is 0.429. The maximum Gasteiger partial charge on any atom is 0.416 e. The zero-order valence-electron chi connectivity index (χ0n) is 11.3. The summed E-state index contributed by atoms with van der Waals surface area (Å²) in [7, 11) is 1.30. The van der Waals surface area contributed by atoms with Gasteiger partial charge in [0.05, 0.1) is 19.1 Å². The van der Waals surface area contributed by atoms with E-state index < -0.39 is 11.7 Å². The van der Waals surface area contributed by atoms with E-state index in [1.807, 2.05) is 0 Å². The zero-order valence-corrected chi connectivity index (χ0v) is 11.3. The number of ether oxygens (including phenoxy) is 2. The largest absolute Gasteiger partial charge is 0.478 e. The lowest BCUT2D eigenvalue weighted by Crippen LogP contribution is -2.06. The number of carbonyl (C=O) groups excluding carboxylic acids is 1. The number of hydrogen-bond donors (Lipinski definition) is 0. The summed E-state index contributed by atoms with van der Waals surface area (Å²) in [6.07, 6.45) is -3.86. The van der Waals surface area contributed by atoms with Crippen LogP contribution in [0, 0.1) is 0 Å². The van der Waals surface area contributed by atoms with Crippen LogP contribution in [0.1, 0.15) is 30.0 Å². The molecule has 0 aromatic heterocycles. The van der Waals surface area contributed by atoms with Gasteiger partial charge in [-0.1, -0.05) is 12.1 Å². The third-order valence-corrected chi connectivity index (χ3v) is 3.10. The first-order valence-corrected chi connectivity index (χ1v) is 6.33. The van der Waals surface area contributed by atoms with Crippen LogP contribution < -0.4 is 0 Å². The maximum absolute atomic E-state index is 12.5. The number of benzene rings is 1. The van der Waals surface area contributed by atoms with Crippen LogP contribution in [0.4, 0.5) is 13.2 Å². The number of aliphatic imine (C=N–C) groups is 1. The Labute approximate surface area is 119 Å². The van der Waals surface area contributed by atoms with Crippen LogP contribution in [0.2, 0.25) is 0 Å². The average molecular weight is 301 g/mol. The standard InChI is InChI=1S/C14H14F3NO3/c1-20-13(19)7-6-12-18-11(8-21-12)9-2-4-10(5-3-9)14(15,16)17/h2-5,11H,6-8H2,1H3. The lowest BCUT2D eigenvalue weighted by Gasteiger charge is -2.09. The Morgan fingerprint density at radius 2 is 2.05 bits per heavy atom. The van der Waals surface area contributed by atoms with Crippen molar-refractivity contribution in [3.8, 4) is 0 Å². The molecule has 0 radical (unpaired) electrons. The molecule has 114 valence electrons. The highest BCUT2D eigenvalue weighted by Crippen LogP contribution is 2.31. The Morgan fingerprint density at radius 1 is 1.38 bits per heavy atom. The lowest BCUT2D eigenvalue weighted by molar-refractivity contribution is -0.140. The molecule has 0 saturated heterocycles. The summed E-state index contributed by atoms with van der Waals surface area (Å²) in [5, 5.41) is 0. The van der Waals surface area contributed by atoms with Gasteiger partial charge in [0.1, 0.15) is 12.6 Å². The fourth-order valence-electron chi connectivity index (χ4n) is 1.94. The molecule has 7 heteroatoms. The molecule has 4 nitrogen and oxygen atoms in total. The molecular formula is C14H14F3NO3. The molecule has 0 amide bonds. The number of esters is 1. The molecule has 0 fully saturated rings. The molecular weight excluding hydrogens is 287 g/mol. The monoisotopic (exact) mass is 301 g/mol. The molecule has 1 aromatic carbocycles. The summed E-state index contributed by atoms with van der Waals surface area (Å²) < 4.78 is 47.3. The second-order valence-corrected chi connectivity index (χ2v) is 4.55. The van der Waals surface area contributed by atoms with Gasteiger partial charge in [-0.25, -0.2) is 4.99 Å². The molecule has 0 N–H and O–H groups in total. The van der Waals surface area contributed by atoms with E-state index in [9.17, 15) is 18.0 Å². The van der Waals surface area contributed by atoms with E-state index in [0.29, 0.717) is 17.9 Å². The molecule has 1 aromatic rings.